The average molecular weight is 518 g/mol. The molecule has 0 aliphatic carbocycles. The van der Waals surface area contributed by atoms with Crippen molar-refractivity contribution in [3.8, 4) is 0 Å². The van der Waals surface area contributed by atoms with Crippen molar-refractivity contribution in [3.63, 3.8) is 0 Å². The second-order valence-electron chi connectivity index (χ2n) is 7.11. The first-order valence-corrected chi connectivity index (χ1v) is 9.88. The number of halogens is 1. The highest BCUT2D eigenvalue weighted by Crippen LogP contribution is 2.12. The molecule has 3 aromatic rings. The molecule has 0 saturated carbocycles. The zero-order valence-corrected chi connectivity index (χ0v) is 20.2. The zero-order chi connectivity index (χ0) is 20.5. The smallest absolute Gasteiger partial charge is 0.194 e. The number of nitrogens with zero attached hydrogens (tertiary/aromatic N) is 3. The van der Waals surface area contributed by atoms with E-state index in [0.29, 0.717) is 19.8 Å². The van der Waals surface area contributed by atoms with Gasteiger partial charge in [-0.15, -0.1) is 24.0 Å². The molecule has 3 rings (SSSR count). The number of nitrogens with one attached hydrogen (secondary N) is 1. The van der Waals surface area contributed by atoms with Crippen molar-refractivity contribution in [2.45, 2.75) is 26.3 Å². The van der Waals surface area contributed by atoms with Crippen molar-refractivity contribution in [2.24, 2.45) is 12.0 Å². The van der Waals surface area contributed by atoms with Gasteiger partial charge in [-0.3, -0.25) is 4.99 Å². The normalized spacial score (nSPS) is 11.1. The maximum absolute atomic E-state index is 5.94. The molecule has 0 spiro atoms. The minimum absolute atomic E-state index is 0. The molecule has 0 bridgehead atoms. The Labute approximate surface area is 196 Å². The number of ether oxygens (including phenoxy) is 1. The summed E-state index contributed by atoms with van der Waals surface area (Å²) in [4.78, 5) is 6.56. The van der Waals surface area contributed by atoms with Crippen molar-refractivity contribution >= 4 is 29.9 Å². The number of benzene rings is 2. The Bertz CT molecular complexity index is 924. The van der Waals surface area contributed by atoms with E-state index in [9.17, 15) is 0 Å². The van der Waals surface area contributed by atoms with Gasteiger partial charge in [0.2, 0.25) is 0 Å². The van der Waals surface area contributed by atoms with E-state index < -0.39 is 0 Å². The Kier molecular flexibility index (Phi) is 9.89. The van der Waals surface area contributed by atoms with Crippen LogP contribution in [0.2, 0.25) is 0 Å². The molecule has 160 valence electrons. The lowest BCUT2D eigenvalue weighted by atomic mass is 10.1. The maximum atomic E-state index is 5.94. The predicted molar refractivity (Wildman–Crippen MR) is 134 cm³/mol. The second kappa shape index (κ2) is 12.4. The van der Waals surface area contributed by atoms with Crippen molar-refractivity contribution < 1.29 is 4.74 Å². The van der Waals surface area contributed by atoms with Crippen molar-refractivity contribution in [2.75, 3.05) is 14.1 Å². The standard InChI is InChI=1S/C24H30N4O.HI/c1-25-24(28(3)17-23-14-9-15-27(23)2)26-16-21-12-7-8-13-22(21)19-29-18-20-10-5-4-6-11-20;/h4-15H,16-19H2,1-3H3,(H,25,26);1H. The van der Waals surface area contributed by atoms with E-state index in [1.807, 2.05) is 25.2 Å². The lowest BCUT2D eigenvalue weighted by molar-refractivity contribution is 0.106. The monoisotopic (exact) mass is 518 g/mol. The quantitative estimate of drug-likeness (QED) is 0.270. The van der Waals surface area contributed by atoms with Gasteiger partial charge in [-0.05, 0) is 28.8 Å². The molecular formula is C24H31IN4O. The van der Waals surface area contributed by atoms with Crippen LogP contribution in [0.1, 0.15) is 22.4 Å². The molecule has 0 aliphatic rings. The molecule has 1 aromatic heterocycles. The van der Waals surface area contributed by atoms with E-state index in [1.54, 1.807) is 0 Å². The van der Waals surface area contributed by atoms with Gasteiger partial charge in [-0.1, -0.05) is 54.6 Å². The minimum atomic E-state index is 0. The third-order valence-corrected chi connectivity index (χ3v) is 4.95. The molecule has 1 N–H and O–H groups in total. The van der Waals surface area contributed by atoms with E-state index >= 15 is 0 Å². The Morgan fingerprint density at radius 2 is 1.67 bits per heavy atom. The Morgan fingerprint density at radius 1 is 0.967 bits per heavy atom. The summed E-state index contributed by atoms with van der Waals surface area (Å²) in [7, 11) is 5.93. The molecule has 1 heterocycles. The summed E-state index contributed by atoms with van der Waals surface area (Å²) < 4.78 is 8.07. The summed E-state index contributed by atoms with van der Waals surface area (Å²) in [6.07, 6.45) is 2.06. The average Bonchev–Trinajstić information content (AvgIpc) is 3.14. The number of aryl methyl sites for hydroxylation is 1. The first-order valence-electron chi connectivity index (χ1n) is 9.88. The number of aromatic nitrogens is 1. The fourth-order valence-electron chi connectivity index (χ4n) is 3.26. The van der Waals surface area contributed by atoms with E-state index in [0.717, 1.165) is 12.5 Å². The zero-order valence-electron chi connectivity index (χ0n) is 17.9. The first-order chi connectivity index (χ1) is 14.2. The molecule has 0 amide bonds. The highest BCUT2D eigenvalue weighted by molar-refractivity contribution is 14.0. The molecule has 0 atom stereocenters. The van der Waals surface area contributed by atoms with Crippen LogP contribution in [0.3, 0.4) is 0 Å². The van der Waals surface area contributed by atoms with Crippen LogP contribution in [0.4, 0.5) is 0 Å². The number of hydrogen-bond donors (Lipinski definition) is 1. The number of aliphatic imine (C=N–C) groups is 1. The summed E-state index contributed by atoms with van der Waals surface area (Å²) in [5, 5.41) is 3.48. The molecule has 2 aromatic carbocycles. The van der Waals surface area contributed by atoms with E-state index in [4.69, 9.17) is 4.74 Å². The van der Waals surface area contributed by atoms with Crippen LogP contribution < -0.4 is 5.32 Å². The molecule has 6 heteroatoms. The fourth-order valence-corrected chi connectivity index (χ4v) is 3.26. The van der Waals surface area contributed by atoms with Crippen LogP contribution in [0.15, 0.2) is 77.9 Å². The van der Waals surface area contributed by atoms with Gasteiger partial charge in [0, 0.05) is 39.6 Å². The van der Waals surface area contributed by atoms with Crippen molar-refractivity contribution in [1.82, 2.24) is 14.8 Å². The largest absolute Gasteiger partial charge is 0.372 e. The SMILES string of the molecule is CN=C(NCc1ccccc1COCc1ccccc1)N(C)Cc1cccn1C.I. The van der Waals surface area contributed by atoms with Crippen LogP contribution in [0, 0.1) is 0 Å². The number of hydrogen-bond acceptors (Lipinski definition) is 2. The van der Waals surface area contributed by atoms with Crippen LogP contribution in [-0.2, 0) is 38.1 Å². The molecule has 30 heavy (non-hydrogen) atoms. The topological polar surface area (TPSA) is 41.8 Å². The van der Waals surface area contributed by atoms with Crippen LogP contribution in [0.25, 0.3) is 0 Å². The first kappa shape index (κ1) is 24.0. The predicted octanol–water partition coefficient (Wildman–Crippen LogP) is 4.57. The molecule has 0 radical (unpaired) electrons. The lowest BCUT2D eigenvalue weighted by Gasteiger charge is -2.23. The van der Waals surface area contributed by atoms with E-state index in [1.165, 1.54) is 22.4 Å². The summed E-state index contributed by atoms with van der Waals surface area (Å²) in [6, 6.07) is 22.8. The Balaban J connectivity index is 0.00000320. The van der Waals surface area contributed by atoms with Crippen LogP contribution in [-0.4, -0.2) is 29.5 Å². The van der Waals surface area contributed by atoms with Gasteiger partial charge >= 0.3 is 0 Å². The van der Waals surface area contributed by atoms with Gasteiger partial charge in [0.05, 0.1) is 19.8 Å². The lowest BCUT2D eigenvalue weighted by Crippen LogP contribution is -2.38. The van der Waals surface area contributed by atoms with Crippen molar-refractivity contribution in [3.05, 3.63) is 95.3 Å². The molecule has 0 aliphatic heterocycles. The second-order valence-corrected chi connectivity index (χ2v) is 7.11. The van der Waals surface area contributed by atoms with Gasteiger partial charge in [0.1, 0.15) is 0 Å². The summed E-state index contributed by atoms with van der Waals surface area (Å²) in [5.74, 6) is 0.867. The fraction of sp³-hybridized carbons (Fsp3) is 0.292. The summed E-state index contributed by atoms with van der Waals surface area (Å²) >= 11 is 0. The van der Waals surface area contributed by atoms with Crippen LogP contribution >= 0.6 is 24.0 Å². The van der Waals surface area contributed by atoms with Crippen molar-refractivity contribution in [1.29, 1.82) is 0 Å². The minimum Gasteiger partial charge on any atom is -0.372 e. The maximum Gasteiger partial charge on any atom is 0.194 e. The van der Waals surface area contributed by atoms with Gasteiger partial charge in [-0.25, -0.2) is 0 Å². The molecule has 0 saturated heterocycles. The third-order valence-electron chi connectivity index (χ3n) is 4.95. The summed E-state index contributed by atoms with van der Waals surface area (Å²) in [5.41, 5.74) is 4.83. The van der Waals surface area contributed by atoms with E-state index in [-0.39, 0.29) is 24.0 Å². The Morgan fingerprint density at radius 3 is 2.33 bits per heavy atom. The van der Waals surface area contributed by atoms with Gasteiger partial charge in [0.25, 0.3) is 0 Å². The highest BCUT2D eigenvalue weighted by Gasteiger charge is 2.09. The van der Waals surface area contributed by atoms with Crippen LogP contribution in [0.5, 0.6) is 0 Å². The number of rotatable bonds is 8. The highest BCUT2D eigenvalue weighted by atomic mass is 127. The molecule has 5 nitrogen and oxygen atoms in total. The Hall–Kier alpha value is -2.32. The van der Waals surface area contributed by atoms with Gasteiger partial charge in [-0.2, -0.15) is 0 Å². The molecular weight excluding hydrogens is 487 g/mol. The van der Waals surface area contributed by atoms with Gasteiger partial charge in [0.15, 0.2) is 5.96 Å². The number of guanidine groups is 1. The molecule has 0 fully saturated rings. The molecule has 0 unspecified atom stereocenters. The van der Waals surface area contributed by atoms with E-state index in [2.05, 4.69) is 88.6 Å². The van der Waals surface area contributed by atoms with Gasteiger partial charge < -0.3 is 19.5 Å². The summed E-state index contributed by atoms with van der Waals surface area (Å²) in [6.45, 7) is 2.70. The third kappa shape index (κ3) is 6.88.